The molecule has 0 aromatic heterocycles. The van der Waals surface area contributed by atoms with Gasteiger partial charge in [0, 0.05) is 14.0 Å². The molecule has 0 aliphatic carbocycles. The van der Waals surface area contributed by atoms with Crippen molar-refractivity contribution >= 4 is 5.91 Å². The molecule has 16 N–H and O–H groups in total. The minimum atomic E-state index is -1.72. The van der Waals surface area contributed by atoms with Crippen LogP contribution in [0, 0.1) is 0 Å². The third kappa shape index (κ3) is 8.50. The molecule has 1 amide bonds. The number of amides is 1. The first kappa shape index (κ1) is 40.4. The molecule has 4 aliphatic rings. The molecular formula is C27H50N4O18. The zero-order valence-electron chi connectivity index (χ0n) is 26.8. The van der Waals surface area contributed by atoms with Crippen LogP contribution in [0.15, 0.2) is 0 Å². The van der Waals surface area contributed by atoms with Gasteiger partial charge in [-0.3, -0.25) is 4.79 Å². The fourth-order valence-electron chi connectivity index (χ4n) is 6.35. The minimum Gasteiger partial charge on any atom is -0.394 e. The number of methoxy groups -OCH3 is 1. The highest BCUT2D eigenvalue weighted by Crippen LogP contribution is 2.33. The van der Waals surface area contributed by atoms with Gasteiger partial charge in [-0.15, -0.1) is 0 Å². The van der Waals surface area contributed by atoms with Crippen LogP contribution in [0.1, 0.15) is 6.92 Å². The number of nitrogens with two attached hydrogens (primary N) is 3. The number of aliphatic hydroxyl groups is 9. The van der Waals surface area contributed by atoms with Gasteiger partial charge in [-0.05, 0) is 0 Å². The fourth-order valence-corrected chi connectivity index (χ4v) is 6.35. The highest BCUT2D eigenvalue weighted by Gasteiger charge is 2.55. The molecule has 20 atom stereocenters. The Hall–Kier alpha value is -1.33. The maximum Gasteiger partial charge on any atom is 0.217 e. The molecule has 4 heterocycles. The molecule has 0 bridgehead atoms. The van der Waals surface area contributed by atoms with E-state index in [4.69, 9.17) is 55.1 Å². The molecule has 0 radical (unpaired) electrons. The number of hydrogen-bond acceptors (Lipinski definition) is 21. The molecule has 4 aliphatic heterocycles. The van der Waals surface area contributed by atoms with Crippen LogP contribution in [0.25, 0.3) is 0 Å². The summed E-state index contributed by atoms with van der Waals surface area (Å²) in [6.45, 7) is -1.75. The van der Waals surface area contributed by atoms with Crippen LogP contribution in [0.2, 0.25) is 0 Å². The van der Waals surface area contributed by atoms with E-state index in [0.717, 1.165) is 6.92 Å². The van der Waals surface area contributed by atoms with Gasteiger partial charge < -0.3 is 106 Å². The van der Waals surface area contributed by atoms with Gasteiger partial charge in [-0.1, -0.05) is 0 Å². The predicted octanol–water partition coefficient (Wildman–Crippen LogP) is -9.05. The Kier molecular flexibility index (Phi) is 14.4. The van der Waals surface area contributed by atoms with E-state index < -0.39 is 155 Å². The number of hydrogen-bond donors (Lipinski definition) is 13. The maximum absolute atomic E-state index is 12.2. The van der Waals surface area contributed by atoms with Gasteiger partial charge in [-0.25, -0.2) is 0 Å². The van der Waals surface area contributed by atoms with Crippen molar-refractivity contribution in [3.8, 4) is 0 Å². The fraction of sp³-hybridized carbons (Fsp3) is 0.963. The molecule has 0 saturated carbocycles. The van der Waals surface area contributed by atoms with E-state index in [1.165, 1.54) is 7.11 Å². The molecule has 0 aromatic carbocycles. The van der Waals surface area contributed by atoms with Crippen molar-refractivity contribution in [2.24, 2.45) is 17.2 Å². The third-order valence-electron chi connectivity index (χ3n) is 9.09. The molecule has 4 rings (SSSR count). The van der Waals surface area contributed by atoms with Gasteiger partial charge >= 0.3 is 0 Å². The molecule has 4 fully saturated rings. The van der Waals surface area contributed by atoms with Crippen LogP contribution in [0.3, 0.4) is 0 Å². The molecule has 0 spiro atoms. The molecule has 10 unspecified atom stereocenters. The van der Waals surface area contributed by atoms with Crippen LogP contribution in [-0.2, 0) is 42.7 Å². The van der Waals surface area contributed by atoms with E-state index in [1.54, 1.807) is 0 Å². The zero-order valence-corrected chi connectivity index (χ0v) is 26.8. The molecule has 22 heteroatoms. The predicted molar refractivity (Wildman–Crippen MR) is 156 cm³/mol. The third-order valence-corrected chi connectivity index (χ3v) is 9.09. The largest absolute Gasteiger partial charge is 0.394 e. The lowest BCUT2D eigenvalue weighted by atomic mass is 9.93. The van der Waals surface area contributed by atoms with Gasteiger partial charge in [0.15, 0.2) is 25.2 Å². The van der Waals surface area contributed by atoms with Crippen molar-refractivity contribution < 1.29 is 88.6 Å². The summed E-state index contributed by atoms with van der Waals surface area (Å²) in [7, 11) is 1.28. The Morgan fingerprint density at radius 3 is 1.41 bits per heavy atom. The van der Waals surface area contributed by atoms with Crippen molar-refractivity contribution in [3.05, 3.63) is 0 Å². The SMILES string of the molecule is CO[C@H]1C(O)C(N)C(O[C@@H]2C(CO)O[C@@H](O[C@H]3C(O)C(N)C(O[C@@H]4C(CO)O[C@@H](O)[C@@H](N)C4O)O[C@H]3CO)[C@@H](NC(C)=O)C2O)O[C@H]1CO. The van der Waals surface area contributed by atoms with E-state index in [1.807, 2.05) is 0 Å². The number of aliphatic hydroxyl groups excluding tert-OH is 9. The van der Waals surface area contributed by atoms with Gasteiger partial charge in [0.25, 0.3) is 0 Å². The molecule has 286 valence electrons. The van der Waals surface area contributed by atoms with Crippen molar-refractivity contribution in [2.75, 3.05) is 33.5 Å². The minimum absolute atomic E-state index is 0.584. The summed E-state index contributed by atoms with van der Waals surface area (Å²) in [5, 5.41) is 96.1. The Bertz CT molecular complexity index is 1050. The van der Waals surface area contributed by atoms with Crippen LogP contribution in [0.4, 0.5) is 0 Å². The standard InChI is InChI=1S/C27H50N4O18/c1-7(36)31-15-19(40)23(48-25-13(29)17(38)20(42-2)8(3-32)44-25)11(6-35)46-27(15)49-22-10(5-34)45-26(14(30)18(22)39)47-21-9(4-33)43-24(41)12(28)16(21)37/h8-27,32-35,37-41H,3-6,28-30H2,1-2H3,(H,31,36)/t8-,9?,10-,11?,12-,13?,14?,15-,16?,17?,18?,19?,20+,21+,22+,23+,24+,25?,26?,27-/m0/s1. The Balaban J connectivity index is 1.51. The van der Waals surface area contributed by atoms with Crippen LogP contribution in [0.5, 0.6) is 0 Å². The van der Waals surface area contributed by atoms with Crippen molar-refractivity contribution in [1.29, 1.82) is 0 Å². The number of carbonyl (C=O) groups is 1. The van der Waals surface area contributed by atoms with Gasteiger partial charge in [0.1, 0.15) is 79.3 Å². The number of rotatable bonds is 12. The number of nitrogens with one attached hydrogen (secondary N) is 1. The second kappa shape index (κ2) is 17.5. The summed E-state index contributed by atoms with van der Waals surface area (Å²) in [5.41, 5.74) is 18.1. The van der Waals surface area contributed by atoms with E-state index in [9.17, 15) is 50.8 Å². The van der Waals surface area contributed by atoms with Crippen molar-refractivity contribution in [1.82, 2.24) is 5.32 Å². The lowest BCUT2D eigenvalue weighted by Crippen LogP contribution is -2.71. The summed E-state index contributed by atoms with van der Waals surface area (Å²) in [6, 6.07) is -5.50. The summed E-state index contributed by atoms with van der Waals surface area (Å²) in [5.74, 6) is -0.661. The van der Waals surface area contributed by atoms with Gasteiger partial charge in [0.05, 0.1) is 44.6 Å². The summed E-state index contributed by atoms with van der Waals surface area (Å²) < 4.78 is 45.2. The molecule has 4 saturated heterocycles. The number of ether oxygens (including phenoxy) is 8. The second-order valence-electron chi connectivity index (χ2n) is 12.3. The molecule has 49 heavy (non-hydrogen) atoms. The topological polar surface area (TPSA) is 363 Å². The zero-order chi connectivity index (χ0) is 36.3. The van der Waals surface area contributed by atoms with E-state index in [-0.39, 0.29) is 0 Å². The Morgan fingerprint density at radius 1 is 0.592 bits per heavy atom. The first-order valence-electron chi connectivity index (χ1n) is 15.7. The summed E-state index contributed by atoms with van der Waals surface area (Å²) in [6.07, 6.45) is -23.2. The first-order valence-corrected chi connectivity index (χ1v) is 15.7. The average molecular weight is 719 g/mol. The lowest BCUT2D eigenvalue weighted by Gasteiger charge is -2.50. The summed E-state index contributed by atoms with van der Waals surface area (Å²) in [4.78, 5) is 12.2. The second-order valence-corrected chi connectivity index (χ2v) is 12.3. The van der Waals surface area contributed by atoms with E-state index in [0.29, 0.717) is 0 Å². The highest BCUT2D eigenvalue weighted by atomic mass is 16.8. The van der Waals surface area contributed by atoms with Gasteiger partial charge in [0.2, 0.25) is 5.91 Å². The van der Waals surface area contributed by atoms with Crippen LogP contribution in [-0.4, -0.2) is 208 Å². The molecule has 22 nitrogen and oxygen atoms in total. The lowest BCUT2D eigenvalue weighted by molar-refractivity contribution is -0.360. The van der Waals surface area contributed by atoms with Crippen molar-refractivity contribution in [2.45, 2.75) is 129 Å². The van der Waals surface area contributed by atoms with E-state index >= 15 is 0 Å². The maximum atomic E-state index is 12.2. The Morgan fingerprint density at radius 2 is 0.959 bits per heavy atom. The van der Waals surface area contributed by atoms with Gasteiger partial charge in [-0.2, -0.15) is 0 Å². The monoisotopic (exact) mass is 718 g/mol. The molecular weight excluding hydrogens is 668 g/mol. The smallest absolute Gasteiger partial charge is 0.217 e. The quantitative estimate of drug-likeness (QED) is 0.0890. The Labute approximate surface area is 280 Å². The van der Waals surface area contributed by atoms with Crippen LogP contribution < -0.4 is 22.5 Å². The summed E-state index contributed by atoms with van der Waals surface area (Å²) >= 11 is 0. The normalized spacial score (nSPS) is 49.4. The average Bonchev–Trinajstić information content (AvgIpc) is 3.08. The highest BCUT2D eigenvalue weighted by molar-refractivity contribution is 5.73. The first-order chi connectivity index (χ1) is 23.2. The van der Waals surface area contributed by atoms with Crippen LogP contribution >= 0.6 is 0 Å². The van der Waals surface area contributed by atoms with Crippen molar-refractivity contribution in [3.63, 3.8) is 0 Å². The van der Waals surface area contributed by atoms with E-state index in [2.05, 4.69) is 5.32 Å². The number of carbonyl (C=O) groups excluding carboxylic acids is 1. The molecule has 0 aromatic rings.